The van der Waals surface area contributed by atoms with Gasteiger partial charge in [0, 0.05) is 6.54 Å². The van der Waals surface area contributed by atoms with Crippen LogP contribution in [0.5, 0.6) is 5.75 Å². The zero-order valence-corrected chi connectivity index (χ0v) is 12.6. The van der Waals surface area contributed by atoms with Gasteiger partial charge in [-0.1, -0.05) is 25.0 Å². The van der Waals surface area contributed by atoms with Crippen LogP contribution >= 0.6 is 0 Å². The number of carbonyl (C=O) groups is 3. The summed E-state index contributed by atoms with van der Waals surface area (Å²) in [6.07, 6.45) is 1.73. The van der Waals surface area contributed by atoms with Crippen molar-refractivity contribution in [3.8, 4) is 5.75 Å². The predicted molar refractivity (Wildman–Crippen MR) is 79.6 cm³/mol. The number of amides is 3. The number of nitrogens with one attached hydrogen (secondary N) is 2. The molecule has 0 saturated heterocycles. The molecular formula is C15H20N2O5. The van der Waals surface area contributed by atoms with Crippen LogP contribution in [0.1, 0.15) is 35.7 Å². The maximum absolute atomic E-state index is 11.8. The lowest BCUT2D eigenvalue weighted by molar-refractivity contribution is -0.123. The Morgan fingerprint density at radius 3 is 2.68 bits per heavy atom. The molecular weight excluding hydrogens is 288 g/mol. The van der Waals surface area contributed by atoms with Crippen LogP contribution in [-0.2, 0) is 9.53 Å². The molecule has 7 nitrogen and oxygen atoms in total. The quantitative estimate of drug-likeness (QED) is 0.545. The Balaban J connectivity index is 2.42. The first-order valence-electron chi connectivity index (χ1n) is 6.98. The van der Waals surface area contributed by atoms with E-state index in [1.165, 1.54) is 12.1 Å². The number of phenols is 1. The third-order valence-electron chi connectivity index (χ3n) is 2.78. The summed E-state index contributed by atoms with van der Waals surface area (Å²) in [5.41, 5.74) is 0.740. The number of benzene rings is 1. The molecule has 0 aliphatic heterocycles. The number of ether oxygens (including phenoxy) is 1. The molecule has 0 unspecified atom stereocenters. The zero-order chi connectivity index (χ0) is 16.5. The highest BCUT2D eigenvalue weighted by Gasteiger charge is 2.15. The van der Waals surface area contributed by atoms with Crippen molar-refractivity contribution in [3.63, 3.8) is 0 Å². The van der Waals surface area contributed by atoms with Crippen LogP contribution < -0.4 is 10.6 Å². The first kappa shape index (κ1) is 17.5. The van der Waals surface area contributed by atoms with Gasteiger partial charge in [0.1, 0.15) is 11.3 Å². The van der Waals surface area contributed by atoms with Crippen LogP contribution in [0.3, 0.4) is 0 Å². The Kier molecular flexibility index (Phi) is 6.88. The molecule has 1 aromatic carbocycles. The SMILES string of the molecule is CCCCNC(=O)NC(=O)COC(=O)c1cc(C)ccc1O. The van der Waals surface area contributed by atoms with Crippen molar-refractivity contribution in [2.75, 3.05) is 13.2 Å². The molecule has 0 spiro atoms. The lowest BCUT2D eigenvalue weighted by Crippen LogP contribution is -2.41. The van der Waals surface area contributed by atoms with E-state index in [9.17, 15) is 19.5 Å². The molecule has 120 valence electrons. The molecule has 0 atom stereocenters. The Labute approximate surface area is 128 Å². The lowest BCUT2D eigenvalue weighted by atomic mass is 10.1. The number of hydrogen-bond acceptors (Lipinski definition) is 5. The fourth-order valence-corrected chi connectivity index (χ4v) is 1.61. The van der Waals surface area contributed by atoms with Crippen LogP contribution in [-0.4, -0.2) is 36.2 Å². The normalized spacial score (nSPS) is 9.91. The number of esters is 1. The summed E-state index contributed by atoms with van der Waals surface area (Å²) >= 11 is 0. The molecule has 0 aromatic heterocycles. The van der Waals surface area contributed by atoms with E-state index in [2.05, 4.69) is 5.32 Å². The number of imide groups is 1. The third kappa shape index (κ3) is 5.82. The van der Waals surface area contributed by atoms with E-state index < -0.39 is 24.5 Å². The smallest absolute Gasteiger partial charge is 0.342 e. The largest absolute Gasteiger partial charge is 0.507 e. The van der Waals surface area contributed by atoms with Crippen molar-refractivity contribution in [2.45, 2.75) is 26.7 Å². The van der Waals surface area contributed by atoms with E-state index in [0.717, 1.165) is 18.4 Å². The molecule has 1 rings (SSSR count). The minimum atomic E-state index is -0.831. The van der Waals surface area contributed by atoms with Crippen molar-refractivity contribution >= 4 is 17.9 Å². The number of carbonyl (C=O) groups excluding carboxylic acids is 3. The number of urea groups is 1. The first-order chi connectivity index (χ1) is 10.4. The van der Waals surface area contributed by atoms with E-state index in [1.54, 1.807) is 13.0 Å². The summed E-state index contributed by atoms with van der Waals surface area (Å²) < 4.78 is 4.76. The molecule has 0 bridgehead atoms. The van der Waals surface area contributed by atoms with Crippen molar-refractivity contribution in [1.29, 1.82) is 0 Å². The molecule has 3 amide bonds. The zero-order valence-electron chi connectivity index (χ0n) is 12.6. The molecule has 0 heterocycles. The molecule has 0 aliphatic carbocycles. The molecule has 22 heavy (non-hydrogen) atoms. The second kappa shape index (κ2) is 8.66. The van der Waals surface area contributed by atoms with Gasteiger partial charge in [-0.3, -0.25) is 10.1 Å². The molecule has 3 N–H and O–H groups in total. The van der Waals surface area contributed by atoms with Crippen LogP contribution in [0, 0.1) is 6.92 Å². The van der Waals surface area contributed by atoms with Crippen molar-refractivity contribution in [1.82, 2.24) is 10.6 Å². The Morgan fingerprint density at radius 1 is 1.27 bits per heavy atom. The highest BCUT2D eigenvalue weighted by atomic mass is 16.5. The Bertz CT molecular complexity index is 557. The molecule has 0 aliphatic rings. The Morgan fingerprint density at radius 2 is 2.00 bits per heavy atom. The second-order valence-corrected chi connectivity index (χ2v) is 4.75. The predicted octanol–water partition coefficient (Wildman–Crippen LogP) is 1.48. The van der Waals surface area contributed by atoms with E-state index >= 15 is 0 Å². The third-order valence-corrected chi connectivity index (χ3v) is 2.78. The number of unbranched alkanes of at least 4 members (excludes halogenated alkanes) is 1. The van der Waals surface area contributed by atoms with Gasteiger partial charge in [-0.15, -0.1) is 0 Å². The monoisotopic (exact) mass is 308 g/mol. The summed E-state index contributed by atoms with van der Waals surface area (Å²) in [6, 6.07) is 3.83. The minimum absolute atomic E-state index is 0.0276. The van der Waals surface area contributed by atoms with Gasteiger partial charge in [-0.2, -0.15) is 0 Å². The van der Waals surface area contributed by atoms with Crippen LogP contribution in [0.15, 0.2) is 18.2 Å². The van der Waals surface area contributed by atoms with Crippen molar-refractivity contribution in [3.05, 3.63) is 29.3 Å². The topological polar surface area (TPSA) is 105 Å². The summed E-state index contributed by atoms with van der Waals surface area (Å²) in [5, 5.41) is 14.1. The van der Waals surface area contributed by atoms with Gasteiger partial charge in [0.15, 0.2) is 6.61 Å². The summed E-state index contributed by atoms with van der Waals surface area (Å²) in [7, 11) is 0. The molecule has 0 radical (unpaired) electrons. The summed E-state index contributed by atoms with van der Waals surface area (Å²) in [6.45, 7) is 3.59. The van der Waals surface area contributed by atoms with Gasteiger partial charge < -0.3 is 15.2 Å². The van der Waals surface area contributed by atoms with E-state index in [0.29, 0.717) is 6.54 Å². The first-order valence-corrected chi connectivity index (χ1v) is 6.98. The number of rotatable bonds is 6. The van der Waals surface area contributed by atoms with E-state index in [-0.39, 0.29) is 11.3 Å². The van der Waals surface area contributed by atoms with Gasteiger partial charge >= 0.3 is 12.0 Å². The van der Waals surface area contributed by atoms with Crippen LogP contribution in [0.2, 0.25) is 0 Å². The maximum Gasteiger partial charge on any atom is 0.342 e. The fraction of sp³-hybridized carbons (Fsp3) is 0.400. The second-order valence-electron chi connectivity index (χ2n) is 4.75. The average molecular weight is 308 g/mol. The van der Waals surface area contributed by atoms with E-state index in [4.69, 9.17) is 4.74 Å². The molecule has 0 saturated carbocycles. The summed E-state index contributed by atoms with van der Waals surface area (Å²) in [4.78, 5) is 34.5. The highest BCUT2D eigenvalue weighted by Crippen LogP contribution is 2.18. The number of aryl methyl sites for hydroxylation is 1. The van der Waals surface area contributed by atoms with Crippen molar-refractivity contribution < 1.29 is 24.2 Å². The average Bonchev–Trinajstić information content (AvgIpc) is 2.47. The summed E-state index contributed by atoms with van der Waals surface area (Å²) in [5.74, 6) is -1.80. The van der Waals surface area contributed by atoms with Gasteiger partial charge in [-0.25, -0.2) is 9.59 Å². The molecule has 1 aromatic rings. The van der Waals surface area contributed by atoms with Gasteiger partial charge in [0.25, 0.3) is 5.91 Å². The number of hydrogen-bond donors (Lipinski definition) is 3. The minimum Gasteiger partial charge on any atom is -0.507 e. The highest BCUT2D eigenvalue weighted by molar-refractivity contribution is 5.97. The molecule has 0 fully saturated rings. The maximum atomic E-state index is 11.8. The standard InChI is InChI=1S/C15H20N2O5/c1-3-4-7-16-15(21)17-13(19)9-22-14(20)11-8-10(2)5-6-12(11)18/h5-6,8,18H,3-4,7,9H2,1-2H3,(H2,16,17,19,21). The molecule has 7 heteroatoms. The van der Waals surface area contributed by atoms with Gasteiger partial charge in [-0.05, 0) is 25.5 Å². The van der Waals surface area contributed by atoms with Gasteiger partial charge in [0.05, 0.1) is 0 Å². The fourth-order valence-electron chi connectivity index (χ4n) is 1.61. The van der Waals surface area contributed by atoms with E-state index in [1.807, 2.05) is 12.2 Å². The number of phenolic OH excluding ortho intramolecular Hbond substituents is 1. The van der Waals surface area contributed by atoms with Crippen LogP contribution in [0.4, 0.5) is 4.79 Å². The Hall–Kier alpha value is -2.57. The van der Waals surface area contributed by atoms with Crippen molar-refractivity contribution in [2.24, 2.45) is 0 Å². The number of aromatic hydroxyl groups is 1. The lowest BCUT2D eigenvalue weighted by Gasteiger charge is -2.08. The van der Waals surface area contributed by atoms with Gasteiger partial charge in [0.2, 0.25) is 0 Å². The van der Waals surface area contributed by atoms with Crippen LogP contribution in [0.25, 0.3) is 0 Å².